The second-order valence-corrected chi connectivity index (χ2v) is 5.96. The molecule has 0 bridgehead atoms. The fourth-order valence-corrected chi connectivity index (χ4v) is 2.43. The Kier molecular flexibility index (Phi) is 4.07. The van der Waals surface area contributed by atoms with Crippen molar-refractivity contribution in [2.75, 3.05) is 13.7 Å². The molecule has 0 aromatic carbocycles. The van der Waals surface area contributed by atoms with E-state index < -0.39 is 0 Å². The number of imidazole rings is 1. The highest BCUT2D eigenvalue weighted by Crippen LogP contribution is 2.50. The van der Waals surface area contributed by atoms with Crippen LogP contribution in [0.1, 0.15) is 44.8 Å². The molecule has 1 saturated carbocycles. The van der Waals surface area contributed by atoms with Gasteiger partial charge in [-0.1, -0.05) is 13.8 Å². The first kappa shape index (κ1) is 13.6. The molecule has 4 nitrogen and oxygen atoms in total. The van der Waals surface area contributed by atoms with Crippen molar-refractivity contribution in [2.24, 2.45) is 17.1 Å². The zero-order chi connectivity index (χ0) is 13.2. The lowest BCUT2D eigenvalue weighted by atomic mass is 10.0. The SMILES string of the molecule is COCCC1(Cn2cncc2C(N)C(C)C)CC1. The molecule has 2 rings (SSSR count). The van der Waals surface area contributed by atoms with Crippen LogP contribution in [0.3, 0.4) is 0 Å². The maximum absolute atomic E-state index is 6.24. The Morgan fingerprint density at radius 3 is 2.78 bits per heavy atom. The highest BCUT2D eigenvalue weighted by atomic mass is 16.5. The first-order chi connectivity index (χ1) is 8.58. The van der Waals surface area contributed by atoms with Crippen LogP contribution in [0.4, 0.5) is 0 Å². The topological polar surface area (TPSA) is 53.1 Å². The van der Waals surface area contributed by atoms with Crippen molar-refractivity contribution in [3.05, 3.63) is 18.2 Å². The molecule has 1 atom stereocenters. The molecular weight excluding hydrogens is 226 g/mol. The summed E-state index contributed by atoms with van der Waals surface area (Å²) in [6.07, 6.45) is 7.56. The number of ether oxygens (including phenoxy) is 1. The summed E-state index contributed by atoms with van der Waals surface area (Å²) in [5.74, 6) is 0.439. The minimum absolute atomic E-state index is 0.0747. The Hall–Kier alpha value is -0.870. The van der Waals surface area contributed by atoms with E-state index >= 15 is 0 Å². The van der Waals surface area contributed by atoms with Crippen molar-refractivity contribution in [3.8, 4) is 0 Å². The standard InChI is InChI=1S/C14H25N3O/c1-11(2)13(15)12-8-16-10-17(12)9-14(4-5-14)6-7-18-3/h8,10-11,13H,4-7,9,15H2,1-3H3. The quantitative estimate of drug-likeness (QED) is 0.809. The third-order valence-corrected chi connectivity index (χ3v) is 4.10. The van der Waals surface area contributed by atoms with Gasteiger partial charge in [0.2, 0.25) is 0 Å². The molecule has 1 aliphatic rings. The molecule has 18 heavy (non-hydrogen) atoms. The minimum Gasteiger partial charge on any atom is -0.385 e. The van der Waals surface area contributed by atoms with E-state index in [1.165, 1.54) is 12.8 Å². The summed E-state index contributed by atoms with van der Waals surface area (Å²) in [7, 11) is 1.77. The molecule has 0 amide bonds. The van der Waals surface area contributed by atoms with Gasteiger partial charge in [0.15, 0.2) is 0 Å². The number of nitrogens with two attached hydrogens (primary N) is 1. The summed E-state index contributed by atoms with van der Waals surface area (Å²) < 4.78 is 7.45. The van der Waals surface area contributed by atoms with E-state index in [4.69, 9.17) is 10.5 Å². The molecule has 1 fully saturated rings. The third-order valence-electron chi connectivity index (χ3n) is 4.10. The van der Waals surface area contributed by atoms with Crippen LogP contribution >= 0.6 is 0 Å². The van der Waals surface area contributed by atoms with Crippen molar-refractivity contribution in [2.45, 2.75) is 45.7 Å². The first-order valence-corrected chi connectivity index (χ1v) is 6.82. The number of rotatable bonds is 7. The van der Waals surface area contributed by atoms with Crippen LogP contribution in [0.25, 0.3) is 0 Å². The lowest BCUT2D eigenvalue weighted by Crippen LogP contribution is -2.23. The minimum atomic E-state index is 0.0747. The van der Waals surface area contributed by atoms with Gasteiger partial charge in [-0.2, -0.15) is 0 Å². The number of aromatic nitrogens is 2. The molecule has 1 aromatic rings. The van der Waals surface area contributed by atoms with Crippen molar-refractivity contribution in [3.63, 3.8) is 0 Å². The van der Waals surface area contributed by atoms with Gasteiger partial charge < -0.3 is 15.0 Å². The summed E-state index contributed by atoms with van der Waals surface area (Å²) >= 11 is 0. The van der Waals surface area contributed by atoms with E-state index in [-0.39, 0.29) is 6.04 Å². The Labute approximate surface area is 110 Å². The molecule has 1 aliphatic carbocycles. The van der Waals surface area contributed by atoms with Gasteiger partial charge in [0.1, 0.15) is 0 Å². The third kappa shape index (κ3) is 2.93. The van der Waals surface area contributed by atoms with Gasteiger partial charge in [-0.3, -0.25) is 0 Å². The van der Waals surface area contributed by atoms with Crippen LogP contribution in [0.5, 0.6) is 0 Å². The van der Waals surface area contributed by atoms with Gasteiger partial charge in [0, 0.05) is 32.5 Å². The largest absolute Gasteiger partial charge is 0.385 e. The summed E-state index contributed by atoms with van der Waals surface area (Å²) in [5, 5.41) is 0. The van der Waals surface area contributed by atoms with Gasteiger partial charge in [-0.15, -0.1) is 0 Å². The second-order valence-electron chi connectivity index (χ2n) is 5.96. The number of hydrogen-bond acceptors (Lipinski definition) is 3. The molecule has 2 N–H and O–H groups in total. The molecule has 4 heteroatoms. The van der Waals surface area contributed by atoms with Gasteiger partial charge in [0.05, 0.1) is 12.0 Å². The van der Waals surface area contributed by atoms with E-state index in [0.717, 1.165) is 25.3 Å². The molecule has 0 saturated heterocycles. The maximum Gasteiger partial charge on any atom is 0.0948 e. The van der Waals surface area contributed by atoms with Gasteiger partial charge in [-0.25, -0.2) is 4.98 Å². The molecule has 102 valence electrons. The van der Waals surface area contributed by atoms with Crippen LogP contribution in [0, 0.1) is 11.3 Å². The van der Waals surface area contributed by atoms with Gasteiger partial charge in [-0.05, 0) is 30.6 Å². The smallest absolute Gasteiger partial charge is 0.0948 e. The zero-order valence-corrected chi connectivity index (χ0v) is 11.7. The van der Waals surface area contributed by atoms with Crippen LogP contribution in [0.15, 0.2) is 12.5 Å². The average molecular weight is 251 g/mol. The molecular formula is C14H25N3O. The fraction of sp³-hybridized carbons (Fsp3) is 0.786. The normalized spacial score (nSPS) is 19.2. The lowest BCUT2D eigenvalue weighted by molar-refractivity contribution is 0.166. The molecule has 1 heterocycles. The van der Waals surface area contributed by atoms with E-state index in [1.807, 2.05) is 12.5 Å². The lowest BCUT2D eigenvalue weighted by Gasteiger charge is -2.21. The van der Waals surface area contributed by atoms with E-state index in [1.54, 1.807) is 7.11 Å². The average Bonchev–Trinajstić information content (AvgIpc) is 2.95. The summed E-state index contributed by atoms with van der Waals surface area (Å²) in [6, 6.07) is 0.0747. The van der Waals surface area contributed by atoms with Crippen molar-refractivity contribution in [1.82, 2.24) is 9.55 Å². The van der Waals surface area contributed by atoms with Crippen LogP contribution < -0.4 is 5.73 Å². The molecule has 1 aromatic heterocycles. The monoisotopic (exact) mass is 251 g/mol. The summed E-state index contributed by atoms with van der Waals surface area (Å²) in [4.78, 5) is 4.27. The Bertz CT molecular complexity index is 382. The summed E-state index contributed by atoms with van der Waals surface area (Å²) in [5.41, 5.74) is 7.83. The Morgan fingerprint density at radius 1 is 1.50 bits per heavy atom. The number of methoxy groups -OCH3 is 1. The van der Waals surface area contributed by atoms with Crippen molar-refractivity contribution >= 4 is 0 Å². The number of hydrogen-bond donors (Lipinski definition) is 1. The highest BCUT2D eigenvalue weighted by molar-refractivity contribution is 5.07. The highest BCUT2D eigenvalue weighted by Gasteiger charge is 2.42. The summed E-state index contributed by atoms with van der Waals surface area (Å²) in [6.45, 7) is 6.19. The predicted octanol–water partition coefficient (Wildman–Crippen LogP) is 2.36. The van der Waals surface area contributed by atoms with E-state index in [2.05, 4.69) is 23.4 Å². The fourth-order valence-electron chi connectivity index (χ4n) is 2.43. The predicted molar refractivity (Wildman–Crippen MR) is 72.2 cm³/mol. The molecule has 1 unspecified atom stereocenters. The first-order valence-electron chi connectivity index (χ1n) is 6.82. The molecule has 0 spiro atoms. The van der Waals surface area contributed by atoms with Crippen molar-refractivity contribution < 1.29 is 4.74 Å². The molecule has 0 radical (unpaired) electrons. The van der Waals surface area contributed by atoms with Crippen LogP contribution in [-0.4, -0.2) is 23.3 Å². The number of nitrogens with zero attached hydrogens (tertiary/aromatic N) is 2. The zero-order valence-electron chi connectivity index (χ0n) is 11.7. The van der Waals surface area contributed by atoms with Crippen LogP contribution in [0.2, 0.25) is 0 Å². The van der Waals surface area contributed by atoms with E-state index in [0.29, 0.717) is 11.3 Å². The second kappa shape index (κ2) is 5.41. The Balaban J connectivity index is 2.04. The maximum atomic E-state index is 6.24. The Morgan fingerprint density at radius 2 is 2.22 bits per heavy atom. The van der Waals surface area contributed by atoms with Crippen molar-refractivity contribution in [1.29, 1.82) is 0 Å². The molecule has 0 aliphatic heterocycles. The van der Waals surface area contributed by atoms with E-state index in [9.17, 15) is 0 Å². The van der Waals surface area contributed by atoms with Gasteiger partial charge >= 0.3 is 0 Å². The van der Waals surface area contributed by atoms with Crippen LogP contribution in [-0.2, 0) is 11.3 Å². The van der Waals surface area contributed by atoms with Gasteiger partial charge in [0.25, 0.3) is 0 Å².